The summed E-state index contributed by atoms with van der Waals surface area (Å²) in [7, 11) is 1.97. The minimum absolute atomic E-state index is 0.175. The van der Waals surface area contributed by atoms with E-state index in [4.69, 9.17) is 0 Å². The number of carboxylic acids is 1. The topological polar surface area (TPSA) is 40.5 Å². The molecule has 1 rings (SSSR count). The van der Waals surface area contributed by atoms with Crippen molar-refractivity contribution in [3.63, 3.8) is 0 Å². The first-order chi connectivity index (χ1) is 7.04. The first-order valence-corrected chi connectivity index (χ1v) is 5.98. The lowest BCUT2D eigenvalue weighted by Crippen LogP contribution is -2.48. The zero-order chi connectivity index (χ0) is 11.4. The standard InChI is InChI=1S/C12H23NO2/c1-9(2)11(12(14)15)13(3)10-7-5-4-6-8-10/h9-11H,4-8H2,1-3H3,(H,14,15). The van der Waals surface area contributed by atoms with Gasteiger partial charge in [-0.15, -0.1) is 0 Å². The Kier molecular flexibility index (Phi) is 4.58. The summed E-state index contributed by atoms with van der Waals surface area (Å²) in [5, 5.41) is 9.20. The lowest BCUT2D eigenvalue weighted by atomic mass is 9.91. The molecular formula is C12H23NO2. The molecule has 0 aromatic carbocycles. The van der Waals surface area contributed by atoms with E-state index < -0.39 is 5.97 Å². The molecule has 0 amide bonds. The number of carbonyl (C=O) groups is 1. The van der Waals surface area contributed by atoms with E-state index in [1.807, 2.05) is 20.9 Å². The maximum absolute atomic E-state index is 11.2. The van der Waals surface area contributed by atoms with E-state index in [-0.39, 0.29) is 12.0 Å². The second-order valence-corrected chi connectivity index (χ2v) is 4.98. The molecule has 0 saturated heterocycles. The normalized spacial score (nSPS) is 20.9. The van der Waals surface area contributed by atoms with Gasteiger partial charge in [0.1, 0.15) is 6.04 Å². The molecular weight excluding hydrogens is 190 g/mol. The summed E-state index contributed by atoms with van der Waals surface area (Å²) < 4.78 is 0. The minimum atomic E-state index is -0.682. The summed E-state index contributed by atoms with van der Waals surface area (Å²) in [6, 6.07) is 0.148. The van der Waals surface area contributed by atoms with Crippen LogP contribution in [0, 0.1) is 5.92 Å². The first-order valence-electron chi connectivity index (χ1n) is 5.98. The molecule has 0 heterocycles. The molecule has 15 heavy (non-hydrogen) atoms. The van der Waals surface area contributed by atoms with Crippen molar-refractivity contribution >= 4 is 5.97 Å². The van der Waals surface area contributed by atoms with Crippen LogP contribution < -0.4 is 0 Å². The summed E-state index contributed by atoms with van der Waals surface area (Å²) >= 11 is 0. The summed E-state index contributed by atoms with van der Waals surface area (Å²) in [6.07, 6.45) is 6.13. The number of likely N-dealkylation sites (N-methyl/N-ethyl adjacent to an activating group) is 1. The van der Waals surface area contributed by atoms with E-state index in [2.05, 4.69) is 4.90 Å². The highest BCUT2D eigenvalue weighted by Gasteiger charge is 2.31. The van der Waals surface area contributed by atoms with Gasteiger partial charge < -0.3 is 5.11 Å². The van der Waals surface area contributed by atoms with E-state index in [0.29, 0.717) is 6.04 Å². The second-order valence-electron chi connectivity index (χ2n) is 4.98. The fourth-order valence-corrected chi connectivity index (χ4v) is 2.65. The van der Waals surface area contributed by atoms with Crippen molar-refractivity contribution in [3.05, 3.63) is 0 Å². The highest BCUT2D eigenvalue weighted by molar-refractivity contribution is 5.73. The Hall–Kier alpha value is -0.570. The lowest BCUT2D eigenvalue weighted by Gasteiger charge is -2.36. The molecule has 1 fully saturated rings. The Morgan fingerprint density at radius 1 is 1.27 bits per heavy atom. The fraction of sp³-hybridized carbons (Fsp3) is 0.917. The molecule has 0 radical (unpaired) electrons. The molecule has 1 aliphatic carbocycles. The van der Waals surface area contributed by atoms with E-state index >= 15 is 0 Å². The van der Waals surface area contributed by atoms with Crippen molar-refractivity contribution in [1.29, 1.82) is 0 Å². The van der Waals surface area contributed by atoms with E-state index in [0.717, 1.165) is 12.8 Å². The molecule has 3 nitrogen and oxygen atoms in total. The van der Waals surface area contributed by atoms with Crippen LogP contribution in [0.2, 0.25) is 0 Å². The van der Waals surface area contributed by atoms with Gasteiger partial charge in [0.05, 0.1) is 0 Å². The third-order valence-corrected chi connectivity index (χ3v) is 3.47. The largest absolute Gasteiger partial charge is 0.480 e. The van der Waals surface area contributed by atoms with Crippen molar-refractivity contribution in [1.82, 2.24) is 4.90 Å². The van der Waals surface area contributed by atoms with Gasteiger partial charge in [-0.25, -0.2) is 0 Å². The van der Waals surface area contributed by atoms with Crippen LogP contribution in [0.25, 0.3) is 0 Å². The zero-order valence-electron chi connectivity index (χ0n) is 10.1. The molecule has 1 aliphatic rings. The number of nitrogens with zero attached hydrogens (tertiary/aromatic N) is 1. The number of carboxylic acid groups (broad SMARTS) is 1. The highest BCUT2D eigenvalue weighted by Crippen LogP contribution is 2.24. The molecule has 88 valence electrons. The van der Waals surface area contributed by atoms with Crippen LogP contribution in [-0.4, -0.2) is 35.1 Å². The van der Waals surface area contributed by atoms with E-state index in [9.17, 15) is 9.90 Å². The molecule has 0 aliphatic heterocycles. The molecule has 0 aromatic heterocycles. The Bertz CT molecular complexity index is 210. The van der Waals surface area contributed by atoms with E-state index in [1.54, 1.807) is 0 Å². The van der Waals surface area contributed by atoms with Gasteiger partial charge in [0, 0.05) is 6.04 Å². The lowest BCUT2D eigenvalue weighted by molar-refractivity contribution is -0.145. The maximum atomic E-state index is 11.2. The average molecular weight is 213 g/mol. The number of hydrogen-bond donors (Lipinski definition) is 1. The van der Waals surface area contributed by atoms with Crippen molar-refractivity contribution < 1.29 is 9.90 Å². The average Bonchev–Trinajstić information content (AvgIpc) is 2.18. The molecule has 0 bridgehead atoms. The van der Waals surface area contributed by atoms with Crippen LogP contribution in [0.5, 0.6) is 0 Å². The van der Waals surface area contributed by atoms with Gasteiger partial charge in [0.2, 0.25) is 0 Å². The third-order valence-electron chi connectivity index (χ3n) is 3.47. The fourth-order valence-electron chi connectivity index (χ4n) is 2.65. The zero-order valence-corrected chi connectivity index (χ0v) is 10.1. The quantitative estimate of drug-likeness (QED) is 0.779. The molecule has 3 heteroatoms. The second kappa shape index (κ2) is 5.50. The third kappa shape index (κ3) is 3.20. The summed E-state index contributed by atoms with van der Waals surface area (Å²) in [4.78, 5) is 13.3. The monoisotopic (exact) mass is 213 g/mol. The predicted octanol–water partition coefficient (Wildman–Crippen LogP) is 2.36. The Morgan fingerprint density at radius 2 is 1.80 bits per heavy atom. The molecule has 0 spiro atoms. The molecule has 1 atom stereocenters. The van der Waals surface area contributed by atoms with Gasteiger partial charge in [0.15, 0.2) is 0 Å². The molecule has 0 aromatic rings. The van der Waals surface area contributed by atoms with Crippen molar-refractivity contribution in [3.8, 4) is 0 Å². The number of aliphatic carboxylic acids is 1. The number of hydrogen-bond acceptors (Lipinski definition) is 2. The Balaban J connectivity index is 2.61. The first kappa shape index (κ1) is 12.5. The van der Waals surface area contributed by atoms with Gasteiger partial charge in [-0.1, -0.05) is 33.1 Å². The molecule has 1 saturated carbocycles. The van der Waals surface area contributed by atoms with Gasteiger partial charge in [-0.3, -0.25) is 9.69 Å². The van der Waals surface area contributed by atoms with Crippen molar-refractivity contribution in [2.24, 2.45) is 5.92 Å². The van der Waals surface area contributed by atoms with Crippen molar-refractivity contribution in [2.75, 3.05) is 7.05 Å². The minimum Gasteiger partial charge on any atom is -0.480 e. The van der Waals surface area contributed by atoms with Gasteiger partial charge in [-0.2, -0.15) is 0 Å². The summed E-state index contributed by atoms with van der Waals surface area (Å²) in [6.45, 7) is 3.97. The Labute approximate surface area is 92.5 Å². The van der Waals surface area contributed by atoms with Crippen LogP contribution in [-0.2, 0) is 4.79 Å². The summed E-state index contributed by atoms with van der Waals surface area (Å²) in [5.41, 5.74) is 0. The molecule has 1 N–H and O–H groups in total. The smallest absolute Gasteiger partial charge is 0.321 e. The number of rotatable bonds is 4. The van der Waals surface area contributed by atoms with Gasteiger partial charge >= 0.3 is 5.97 Å². The van der Waals surface area contributed by atoms with E-state index in [1.165, 1.54) is 19.3 Å². The maximum Gasteiger partial charge on any atom is 0.321 e. The van der Waals surface area contributed by atoms with Crippen LogP contribution >= 0.6 is 0 Å². The Morgan fingerprint density at radius 3 is 2.20 bits per heavy atom. The van der Waals surface area contributed by atoms with Gasteiger partial charge in [-0.05, 0) is 25.8 Å². The van der Waals surface area contributed by atoms with Gasteiger partial charge in [0.25, 0.3) is 0 Å². The molecule has 1 unspecified atom stereocenters. The van der Waals surface area contributed by atoms with Crippen LogP contribution in [0.15, 0.2) is 0 Å². The SMILES string of the molecule is CC(C)C(C(=O)O)N(C)C1CCCCC1. The summed E-state index contributed by atoms with van der Waals surface area (Å²) in [5.74, 6) is -0.507. The highest BCUT2D eigenvalue weighted by atomic mass is 16.4. The van der Waals surface area contributed by atoms with Crippen LogP contribution in [0.4, 0.5) is 0 Å². The van der Waals surface area contributed by atoms with Crippen LogP contribution in [0.1, 0.15) is 46.0 Å². The van der Waals surface area contributed by atoms with Crippen molar-refractivity contribution in [2.45, 2.75) is 58.0 Å². The van der Waals surface area contributed by atoms with Crippen LogP contribution in [0.3, 0.4) is 0 Å². The predicted molar refractivity (Wildman–Crippen MR) is 60.9 cm³/mol.